The molecule has 0 heterocycles. The van der Waals surface area contributed by atoms with Crippen LogP contribution in [0.1, 0.15) is 6.42 Å². The van der Waals surface area contributed by atoms with Crippen LogP contribution < -0.4 is 9.62 Å². The molecule has 30 heavy (non-hydrogen) atoms. The van der Waals surface area contributed by atoms with Crippen molar-refractivity contribution in [3.05, 3.63) is 72.8 Å². The van der Waals surface area contributed by atoms with Gasteiger partial charge in [-0.1, -0.05) is 48.5 Å². The van der Waals surface area contributed by atoms with Crippen LogP contribution in [-0.4, -0.2) is 40.5 Å². The van der Waals surface area contributed by atoms with E-state index in [4.69, 9.17) is 4.74 Å². The Bertz CT molecular complexity index is 1150. The zero-order chi connectivity index (χ0) is 21.6. The lowest BCUT2D eigenvalue weighted by atomic mass is 10.1. The maximum Gasteiger partial charge on any atom is 0.307 e. The third-order valence-corrected chi connectivity index (χ3v) is 5.99. The van der Waals surface area contributed by atoms with Gasteiger partial charge in [0.2, 0.25) is 10.0 Å². The van der Waals surface area contributed by atoms with Gasteiger partial charge < -0.3 is 9.64 Å². The van der Waals surface area contributed by atoms with E-state index in [-0.39, 0.29) is 23.8 Å². The molecule has 0 aromatic heterocycles. The van der Waals surface area contributed by atoms with E-state index in [1.165, 1.54) is 11.0 Å². The molecule has 3 aromatic rings. The van der Waals surface area contributed by atoms with Gasteiger partial charge in [0.05, 0.1) is 11.3 Å². The van der Waals surface area contributed by atoms with Gasteiger partial charge in [0.25, 0.3) is 5.91 Å². The number of carbonyl (C=O) groups is 2. The largest absolute Gasteiger partial charge is 0.456 e. The number of nitrogens with zero attached hydrogens (tertiary/aromatic N) is 1. The van der Waals surface area contributed by atoms with Crippen molar-refractivity contribution in [1.29, 1.82) is 0 Å². The summed E-state index contributed by atoms with van der Waals surface area (Å²) >= 11 is 0. The summed E-state index contributed by atoms with van der Waals surface area (Å²) < 4.78 is 32.2. The van der Waals surface area contributed by atoms with Crippen molar-refractivity contribution in [2.45, 2.75) is 11.3 Å². The molecular weight excluding hydrogens is 404 g/mol. The Labute approximate surface area is 175 Å². The normalized spacial score (nSPS) is 11.2. The molecule has 0 spiro atoms. The summed E-state index contributed by atoms with van der Waals surface area (Å²) in [5.74, 6) is -1.04. The number of ether oxygens (including phenoxy) is 1. The third-order valence-electron chi connectivity index (χ3n) is 4.53. The lowest BCUT2D eigenvalue weighted by molar-refractivity contribution is -0.147. The van der Waals surface area contributed by atoms with Crippen molar-refractivity contribution < 1.29 is 22.7 Å². The smallest absolute Gasteiger partial charge is 0.307 e. The van der Waals surface area contributed by atoms with Crippen LogP contribution in [0.3, 0.4) is 0 Å². The second kappa shape index (κ2) is 9.51. The zero-order valence-electron chi connectivity index (χ0n) is 16.4. The lowest BCUT2D eigenvalue weighted by Crippen LogP contribution is -2.32. The first kappa shape index (κ1) is 21.5. The van der Waals surface area contributed by atoms with E-state index in [0.29, 0.717) is 5.69 Å². The molecule has 0 radical (unpaired) electrons. The summed E-state index contributed by atoms with van der Waals surface area (Å²) in [6, 6.07) is 21.2. The molecular formula is C22H22N2O5S. The second-order valence-corrected chi connectivity index (χ2v) is 8.37. The van der Waals surface area contributed by atoms with Crippen LogP contribution in [0.4, 0.5) is 5.69 Å². The molecule has 7 nitrogen and oxygen atoms in total. The SMILES string of the molecule is CN(C(=O)COC(=O)CCNS(=O)(=O)c1ccc2ccccc2c1)c1ccccc1. The molecule has 1 N–H and O–H groups in total. The summed E-state index contributed by atoms with van der Waals surface area (Å²) in [6.07, 6.45) is -0.185. The van der Waals surface area contributed by atoms with Crippen molar-refractivity contribution in [2.24, 2.45) is 0 Å². The van der Waals surface area contributed by atoms with E-state index in [9.17, 15) is 18.0 Å². The summed E-state index contributed by atoms with van der Waals surface area (Å²) in [5.41, 5.74) is 0.682. The van der Waals surface area contributed by atoms with Gasteiger partial charge in [-0.2, -0.15) is 0 Å². The summed E-state index contributed by atoms with van der Waals surface area (Å²) in [4.78, 5) is 25.5. The minimum Gasteiger partial charge on any atom is -0.456 e. The fourth-order valence-corrected chi connectivity index (χ4v) is 3.88. The average Bonchev–Trinajstić information content (AvgIpc) is 2.77. The number of amides is 1. The van der Waals surface area contributed by atoms with Crippen LogP contribution in [0, 0.1) is 0 Å². The van der Waals surface area contributed by atoms with Crippen LogP contribution in [0.5, 0.6) is 0 Å². The first-order valence-electron chi connectivity index (χ1n) is 9.32. The molecule has 0 aliphatic heterocycles. The Morgan fingerprint density at radius 1 is 0.933 bits per heavy atom. The Balaban J connectivity index is 1.48. The van der Waals surface area contributed by atoms with Crippen LogP contribution in [0.15, 0.2) is 77.7 Å². The van der Waals surface area contributed by atoms with E-state index < -0.39 is 22.6 Å². The number of nitrogens with one attached hydrogen (secondary N) is 1. The van der Waals surface area contributed by atoms with Crippen LogP contribution in [0.2, 0.25) is 0 Å². The standard InChI is InChI=1S/C22H22N2O5S/c1-24(19-9-3-2-4-10-19)21(25)16-29-22(26)13-14-23-30(27,28)20-12-11-17-7-5-6-8-18(17)15-20/h2-12,15,23H,13-14,16H2,1H3. The molecule has 0 fully saturated rings. The minimum atomic E-state index is -3.76. The van der Waals surface area contributed by atoms with Crippen LogP contribution in [-0.2, 0) is 24.3 Å². The summed E-state index contributed by atoms with van der Waals surface area (Å²) in [7, 11) is -2.17. The molecule has 3 aromatic carbocycles. The van der Waals surface area contributed by atoms with E-state index >= 15 is 0 Å². The monoisotopic (exact) mass is 426 g/mol. The highest BCUT2D eigenvalue weighted by Gasteiger charge is 2.16. The Kier molecular flexibility index (Phi) is 6.81. The van der Waals surface area contributed by atoms with Crippen molar-refractivity contribution in [2.75, 3.05) is 25.1 Å². The first-order chi connectivity index (χ1) is 14.4. The summed E-state index contributed by atoms with van der Waals surface area (Å²) in [6.45, 7) is -0.543. The second-order valence-electron chi connectivity index (χ2n) is 6.61. The zero-order valence-corrected chi connectivity index (χ0v) is 17.3. The topological polar surface area (TPSA) is 92.8 Å². The van der Waals surface area contributed by atoms with Gasteiger partial charge in [-0.25, -0.2) is 13.1 Å². The highest BCUT2D eigenvalue weighted by Crippen LogP contribution is 2.18. The van der Waals surface area contributed by atoms with Crippen LogP contribution >= 0.6 is 0 Å². The van der Waals surface area contributed by atoms with Crippen molar-refractivity contribution in [3.63, 3.8) is 0 Å². The Morgan fingerprint density at radius 3 is 2.33 bits per heavy atom. The fourth-order valence-electron chi connectivity index (χ4n) is 2.81. The van der Waals surface area contributed by atoms with Gasteiger partial charge in [0.1, 0.15) is 0 Å². The first-order valence-corrected chi connectivity index (χ1v) is 10.8. The van der Waals surface area contributed by atoms with Crippen LogP contribution in [0.25, 0.3) is 10.8 Å². The van der Waals surface area contributed by atoms with Gasteiger partial charge in [0, 0.05) is 19.3 Å². The van der Waals surface area contributed by atoms with E-state index in [1.54, 1.807) is 43.4 Å². The fraction of sp³-hybridized carbons (Fsp3) is 0.182. The predicted molar refractivity (Wildman–Crippen MR) is 115 cm³/mol. The number of likely N-dealkylation sites (N-methyl/N-ethyl adjacent to an activating group) is 1. The quantitative estimate of drug-likeness (QED) is 0.559. The molecule has 1 amide bonds. The van der Waals surface area contributed by atoms with Gasteiger partial charge in [-0.05, 0) is 35.0 Å². The lowest BCUT2D eigenvalue weighted by Gasteiger charge is -2.17. The molecule has 8 heteroatoms. The number of hydrogen-bond donors (Lipinski definition) is 1. The predicted octanol–water partition coefficient (Wildman–Crippen LogP) is 2.71. The molecule has 0 bridgehead atoms. The number of fused-ring (bicyclic) bond motifs is 1. The van der Waals surface area contributed by atoms with Crippen molar-refractivity contribution >= 4 is 38.4 Å². The molecule has 0 saturated heterocycles. The number of rotatable bonds is 8. The number of hydrogen-bond acceptors (Lipinski definition) is 5. The maximum absolute atomic E-state index is 12.4. The summed E-state index contributed by atoms with van der Waals surface area (Å²) in [5, 5.41) is 1.74. The highest BCUT2D eigenvalue weighted by atomic mass is 32.2. The minimum absolute atomic E-state index is 0.120. The molecule has 0 aliphatic carbocycles. The van der Waals surface area contributed by atoms with Gasteiger partial charge in [0.15, 0.2) is 6.61 Å². The molecule has 0 unspecified atom stereocenters. The molecule has 3 rings (SSSR count). The number of para-hydroxylation sites is 1. The Hall–Kier alpha value is -3.23. The van der Waals surface area contributed by atoms with Gasteiger partial charge in [-0.3, -0.25) is 9.59 Å². The third kappa shape index (κ3) is 5.43. The van der Waals surface area contributed by atoms with Crippen molar-refractivity contribution in [3.8, 4) is 0 Å². The molecule has 0 saturated carbocycles. The average molecular weight is 426 g/mol. The maximum atomic E-state index is 12.4. The van der Waals surface area contributed by atoms with Gasteiger partial charge in [-0.15, -0.1) is 0 Å². The van der Waals surface area contributed by atoms with E-state index in [0.717, 1.165) is 10.8 Å². The van der Waals surface area contributed by atoms with Crippen molar-refractivity contribution in [1.82, 2.24) is 4.72 Å². The molecule has 0 aliphatic rings. The molecule has 0 atom stereocenters. The number of esters is 1. The van der Waals surface area contributed by atoms with E-state index in [1.807, 2.05) is 30.3 Å². The highest BCUT2D eigenvalue weighted by molar-refractivity contribution is 7.89. The number of sulfonamides is 1. The number of carbonyl (C=O) groups excluding carboxylic acids is 2. The van der Waals surface area contributed by atoms with E-state index in [2.05, 4.69) is 4.72 Å². The molecule has 156 valence electrons. The Morgan fingerprint density at radius 2 is 1.60 bits per heavy atom. The van der Waals surface area contributed by atoms with Gasteiger partial charge >= 0.3 is 5.97 Å². The number of anilines is 1. The number of benzene rings is 3.